The molecule has 0 spiro atoms. The van der Waals surface area contributed by atoms with Crippen LogP contribution in [-0.4, -0.2) is 31.8 Å². The molecule has 32 heavy (non-hydrogen) atoms. The number of carbonyl (C=O) groups excluding carboxylic acids is 1. The summed E-state index contributed by atoms with van der Waals surface area (Å²) in [5.74, 6) is -0.0882. The molecule has 2 aromatic heterocycles. The Balaban J connectivity index is 1.61. The molecule has 2 heterocycles. The van der Waals surface area contributed by atoms with Crippen LogP contribution in [0.4, 0.5) is 10.1 Å². The number of hydrogen-bond donors (Lipinski definition) is 2. The van der Waals surface area contributed by atoms with Gasteiger partial charge in [-0.1, -0.05) is 0 Å². The molecule has 0 saturated heterocycles. The molecule has 0 bridgehead atoms. The van der Waals surface area contributed by atoms with Crippen molar-refractivity contribution in [2.75, 3.05) is 11.9 Å². The monoisotopic (exact) mass is 436 g/mol. The Morgan fingerprint density at radius 2 is 1.84 bits per heavy atom. The van der Waals surface area contributed by atoms with Gasteiger partial charge in [-0.3, -0.25) is 9.59 Å². The minimum Gasteiger partial charge on any atom is -0.494 e. The first-order valence-electron chi connectivity index (χ1n) is 10.00. The molecule has 0 fully saturated rings. The van der Waals surface area contributed by atoms with Crippen LogP contribution in [0.15, 0.2) is 65.7 Å². The number of halogens is 1. The topological polar surface area (TPSA) is 97.9 Å². The van der Waals surface area contributed by atoms with Gasteiger partial charge in [0.2, 0.25) is 5.91 Å². The number of hydrogen-bond acceptors (Lipinski definition) is 5. The Bertz CT molecular complexity index is 1310. The van der Waals surface area contributed by atoms with Gasteiger partial charge < -0.3 is 19.7 Å². The van der Waals surface area contributed by atoms with E-state index < -0.39 is 18.0 Å². The Morgan fingerprint density at radius 1 is 1.12 bits per heavy atom. The van der Waals surface area contributed by atoms with Crippen LogP contribution in [-0.2, 0) is 17.9 Å². The van der Waals surface area contributed by atoms with Crippen LogP contribution in [0.5, 0.6) is 5.75 Å². The van der Waals surface area contributed by atoms with Crippen molar-refractivity contribution in [1.29, 1.82) is 0 Å². The van der Waals surface area contributed by atoms with Gasteiger partial charge >= 0.3 is 0 Å². The second kappa shape index (κ2) is 9.03. The van der Waals surface area contributed by atoms with Gasteiger partial charge in [-0.2, -0.15) is 5.10 Å². The van der Waals surface area contributed by atoms with E-state index in [-0.39, 0.29) is 18.0 Å². The van der Waals surface area contributed by atoms with Crippen molar-refractivity contribution in [1.82, 2.24) is 14.2 Å². The SMILES string of the molecule is CCOc1ccc(NC(=O)Cn2ccn3nc(-c4ccc(F)cc4)c(CO)c3c2=O)cc1. The van der Waals surface area contributed by atoms with Gasteiger partial charge in [-0.05, 0) is 55.5 Å². The molecule has 1 amide bonds. The fraction of sp³-hybridized carbons (Fsp3) is 0.174. The third-order valence-electron chi connectivity index (χ3n) is 4.90. The van der Waals surface area contributed by atoms with Crippen LogP contribution in [0.25, 0.3) is 16.8 Å². The summed E-state index contributed by atoms with van der Waals surface area (Å²) in [4.78, 5) is 25.5. The molecule has 0 unspecified atom stereocenters. The molecule has 0 radical (unpaired) electrons. The second-order valence-corrected chi connectivity index (χ2v) is 7.02. The average molecular weight is 436 g/mol. The largest absolute Gasteiger partial charge is 0.494 e. The Kier molecular flexibility index (Phi) is 6.00. The predicted octanol–water partition coefficient (Wildman–Crippen LogP) is 2.83. The zero-order valence-electron chi connectivity index (χ0n) is 17.3. The number of aliphatic hydroxyl groups excluding tert-OH is 1. The van der Waals surface area contributed by atoms with E-state index >= 15 is 0 Å². The number of fused-ring (bicyclic) bond motifs is 1. The van der Waals surface area contributed by atoms with E-state index in [0.717, 1.165) is 0 Å². The van der Waals surface area contributed by atoms with Gasteiger partial charge in [0, 0.05) is 29.2 Å². The van der Waals surface area contributed by atoms with Crippen molar-refractivity contribution in [3.8, 4) is 17.0 Å². The van der Waals surface area contributed by atoms with Crippen LogP contribution < -0.4 is 15.6 Å². The minimum atomic E-state index is -0.473. The van der Waals surface area contributed by atoms with Crippen LogP contribution in [0, 0.1) is 5.82 Å². The molecule has 164 valence electrons. The van der Waals surface area contributed by atoms with E-state index in [0.29, 0.717) is 34.9 Å². The number of nitrogens with zero attached hydrogens (tertiary/aromatic N) is 3. The van der Waals surface area contributed by atoms with Crippen molar-refractivity contribution in [2.24, 2.45) is 0 Å². The summed E-state index contributed by atoms with van der Waals surface area (Å²) in [5.41, 5.74) is 1.51. The number of nitrogens with one attached hydrogen (secondary N) is 1. The molecule has 0 aliphatic carbocycles. The molecule has 0 atom stereocenters. The molecule has 0 aliphatic heterocycles. The van der Waals surface area contributed by atoms with Crippen molar-refractivity contribution >= 4 is 17.1 Å². The molecule has 9 heteroatoms. The van der Waals surface area contributed by atoms with Crippen molar-refractivity contribution < 1.29 is 19.0 Å². The van der Waals surface area contributed by atoms with Crippen LogP contribution in [0.2, 0.25) is 0 Å². The smallest absolute Gasteiger partial charge is 0.277 e. The molecule has 0 aliphatic rings. The van der Waals surface area contributed by atoms with E-state index in [1.807, 2.05) is 6.92 Å². The van der Waals surface area contributed by atoms with Crippen LogP contribution in [0.1, 0.15) is 12.5 Å². The second-order valence-electron chi connectivity index (χ2n) is 7.02. The maximum atomic E-state index is 13.3. The number of amides is 1. The van der Waals surface area contributed by atoms with Gasteiger partial charge in [0.25, 0.3) is 5.56 Å². The molecule has 0 saturated carbocycles. The normalized spacial score (nSPS) is 11.0. The minimum absolute atomic E-state index is 0.156. The number of aliphatic hydroxyl groups is 1. The zero-order chi connectivity index (χ0) is 22.7. The van der Waals surface area contributed by atoms with Crippen molar-refractivity contribution in [2.45, 2.75) is 20.1 Å². The quantitative estimate of drug-likeness (QED) is 0.464. The molecular weight excluding hydrogens is 415 g/mol. The fourth-order valence-corrected chi connectivity index (χ4v) is 3.42. The highest BCUT2D eigenvalue weighted by Gasteiger charge is 2.18. The van der Waals surface area contributed by atoms with Crippen LogP contribution in [0.3, 0.4) is 0 Å². The lowest BCUT2D eigenvalue weighted by atomic mass is 10.1. The molecular formula is C23H21FN4O4. The van der Waals surface area contributed by atoms with E-state index in [1.54, 1.807) is 24.3 Å². The summed E-state index contributed by atoms with van der Waals surface area (Å²) < 4.78 is 21.2. The summed E-state index contributed by atoms with van der Waals surface area (Å²) in [7, 11) is 0. The third-order valence-corrected chi connectivity index (χ3v) is 4.90. The van der Waals surface area contributed by atoms with E-state index in [2.05, 4.69) is 10.4 Å². The molecule has 8 nitrogen and oxygen atoms in total. The Hall–Kier alpha value is -3.98. The number of benzene rings is 2. The summed E-state index contributed by atoms with van der Waals surface area (Å²) >= 11 is 0. The molecule has 2 aromatic carbocycles. The average Bonchev–Trinajstić information content (AvgIpc) is 3.17. The number of rotatable bonds is 7. The maximum Gasteiger partial charge on any atom is 0.277 e. The zero-order valence-corrected chi connectivity index (χ0v) is 17.3. The first kappa shape index (κ1) is 21.3. The van der Waals surface area contributed by atoms with Gasteiger partial charge in [0.1, 0.15) is 23.6 Å². The van der Waals surface area contributed by atoms with E-state index in [1.165, 1.54) is 45.7 Å². The first-order chi connectivity index (χ1) is 15.5. The Morgan fingerprint density at radius 3 is 2.50 bits per heavy atom. The lowest BCUT2D eigenvalue weighted by molar-refractivity contribution is -0.116. The number of ether oxygens (including phenoxy) is 1. The summed E-state index contributed by atoms with van der Waals surface area (Å²) in [6.07, 6.45) is 2.99. The molecule has 4 rings (SSSR count). The Labute approximate surface area is 182 Å². The highest BCUT2D eigenvalue weighted by molar-refractivity contribution is 5.90. The van der Waals surface area contributed by atoms with Gasteiger partial charge in [-0.25, -0.2) is 8.91 Å². The fourth-order valence-electron chi connectivity index (χ4n) is 3.42. The third kappa shape index (κ3) is 4.23. The lowest BCUT2D eigenvalue weighted by Gasteiger charge is -2.09. The summed E-state index contributed by atoms with van der Waals surface area (Å²) in [5, 5.41) is 17.0. The number of aromatic nitrogens is 3. The van der Waals surface area contributed by atoms with Crippen LogP contribution >= 0.6 is 0 Å². The summed E-state index contributed by atoms with van der Waals surface area (Å²) in [6, 6.07) is 12.5. The van der Waals surface area contributed by atoms with E-state index in [4.69, 9.17) is 4.74 Å². The maximum absolute atomic E-state index is 13.3. The lowest BCUT2D eigenvalue weighted by Crippen LogP contribution is -2.28. The number of carbonyl (C=O) groups is 1. The number of anilines is 1. The molecule has 4 aromatic rings. The van der Waals surface area contributed by atoms with Gasteiger partial charge in [0.15, 0.2) is 0 Å². The standard InChI is InChI=1S/C23H21FN4O4/c1-2-32-18-9-7-17(8-10-18)25-20(30)13-27-11-12-28-22(23(27)31)19(14-29)21(26-28)15-3-5-16(24)6-4-15/h3-12,29H,2,13-14H2,1H3,(H,25,30). The first-order valence-corrected chi connectivity index (χ1v) is 10.00. The highest BCUT2D eigenvalue weighted by atomic mass is 19.1. The highest BCUT2D eigenvalue weighted by Crippen LogP contribution is 2.25. The van der Waals surface area contributed by atoms with Gasteiger partial charge in [0.05, 0.1) is 18.9 Å². The van der Waals surface area contributed by atoms with Crippen molar-refractivity contribution in [3.63, 3.8) is 0 Å². The van der Waals surface area contributed by atoms with E-state index in [9.17, 15) is 19.1 Å². The molecule has 2 N–H and O–H groups in total. The van der Waals surface area contributed by atoms with Gasteiger partial charge in [-0.15, -0.1) is 0 Å². The predicted molar refractivity (Wildman–Crippen MR) is 117 cm³/mol. The van der Waals surface area contributed by atoms with Crippen molar-refractivity contribution in [3.05, 3.63) is 82.7 Å². The summed E-state index contributed by atoms with van der Waals surface area (Å²) in [6.45, 7) is 1.78.